The summed E-state index contributed by atoms with van der Waals surface area (Å²) in [7, 11) is 0. The smallest absolute Gasteiger partial charge is 0.255 e. The Morgan fingerprint density at radius 1 is 1.09 bits per heavy atom. The quantitative estimate of drug-likeness (QED) is 0.418. The normalized spacial score (nSPS) is 13.5. The van der Waals surface area contributed by atoms with E-state index in [2.05, 4.69) is 20.6 Å². The number of amides is 2. The van der Waals surface area contributed by atoms with Gasteiger partial charge in [-0.1, -0.05) is 48.0 Å². The van der Waals surface area contributed by atoms with E-state index in [1.165, 1.54) is 0 Å². The molecule has 0 spiro atoms. The Balaban J connectivity index is 1.37. The molecule has 0 radical (unpaired) electrons. The molecule has 2 heterocycles. The molecule has 1 unspecified atom stereocenters. The van der Waals surface area contributed by atoms with Crippen LogP contribution in [-0.4, -0.2) is 22.6 Å². The van der Waals surface area contributed by atoms with Crippen molar-refractivity contribution in [1.82, 2.24) is 10.3 Å². The van der Waals surface area contributed by atoms with Crippen LogP contribution < -0.4 is 22.1 Å². The monoisotopic (exact) mass is 468 g/mol. The van der Waals surface area contributed by atoms with Crippen molar-refractivity contribution >= 4 is 35.1 Å². The number of amidine groups is 1. The summed E-state index contributed by atoms with van der Waals surface area (Å²) >= 11 is 0. The first-order valence-electron chi connectivity index (χ1n) is 11.3. The van der Waals surface area contributed by atoms with Gasteiger partial charge < -0.3 is 22.1 Å². The van der Waals surface area contributed by atoms with Crippen LogP contribution in [0.2, 0.25) is 0 Å². The molecular formula is C27H28N6O2. The zero-order chi connectivity index (χ0) is 24.8. The lowest BCUT2D eigenvalue weighted by Gasteiger charge is -2.12. The van der Waals surface area contributed by atoms with E-state index in [-0.39, 0.29) is 30.8 Å². The zero-order valence-corrected chi connectivity index (χ0v) is 19.5. The number of benzene rings is 2. The maximum Gasteiger partial charge on any atom is 0.255 e. The van der Waals surface area contributed by atoms with Crippen molar-refractivity contribution in [1.29, 1.82) is 0 Å². The van der Waals surface area contributed by atoms with E-state index in [1.54, 1.807) is 30.6 Å². The number of fused-ring (bicyclic) bond motifs is 1. The molecule has 35 heavy (non-hydrogen) atoms. The van der Waals surface area contributed by atoms with E-state index < -0.39 is 0 Å². The number of aliphatic imine (C=N–C) groups is 1. The molecular weight excluding hydrogens is 440 g/mol. The van der Waals surface area contributed by atoms with E-state index in [4.69, 9.17) is 11.5 Å². The molecule has 8 nitrogen and oxygen atoms in total. The second kappa shape index (κ2) is 10.8. The SMILES string of the molecule is CC1=Cc2ccc(C(=O)Nc3cncc(CNC(=O)CC(N)c4ccccc4)c3)cc2N=C(N)C1. The molecule has 2 aromatic carbocycles. The number of carbonyl (C=O) groups excluding carboxylic acids is 2. The lowest BCUT2D eigenvalue weighted by molar-refractivity contribution is -0.121. The maximum atomic E-state index is 12.8. The molecule has 178 valence electrons. The third-order valence-corrected chi connectivity index (χ3v) is 5.59. The van der Waals surface area contributed by atoms with Gasteiger partial charge in [-0.05, 0) is 36.2 Å². The average molecular weight is 469 g/mol. The minimum atomic E-state index is -0.375. The van der Waals surface area contributed by atoms with Gasteiger partial charge in [0.2, 0.25) is 5.91 Å². The number of nitrogens with two attached hydrogens (primary N) is 2. The number of hydrogen-bond acceptors (Lipinski definition) is 6. The largest absolute Gasteiger partial charge is 0.387 e. The van der Waals surface area contributed by atoms with Crippen molar-refractivity contribution in [3.63, 3.8) is 0 Å². The summed E-state index contributed by atoms with van der Waals surface area (Å²) in [6, 6.07) is 16.2. The van der Waals surface area contributed by atoms with Gasteiger partial charge in [-0.3, -0.25) is 14.6 Å². The van der Waals surface area contributed by atoms with Crippen LogP contribution >= 0.6 is 0 Å². The fourth-order valence-corrected chi connectivity index (χ4v) is 3.85. The van der Waals surface area contributed by atoms with Crippen molar-refractivity contribution in [2.75, 3.05) is 5.32 Å². The van der Waals surface area contributed by atoms with Crippen molar-refractivity contribution < 1.29 is 9.59 Å². The summed E-state index contributed by atoms with van der Waals surface area (Å²) in [5, 5.41) is 5.71. The topological polar surface area (TPSA) is 135 Å². The zero-order valence-electron chi connectivity index (χ0n) is 19.5. The van der Waals surface area contributed by atoms with Gasteiger partial charge in [-0.2, -0.15) is 0 Å². The molecule has 1 aliphatic rings. The van der Waals surface area contributed by atoms with Crippen LogP contribution in [0.15, 0.2) is 77.6 Å². The van der Waals surface area contributed by atoms with Gasteiger partial charge in [0.25, 0.3) is 5.91 Å². The Morgan fingerprint density at radius 3 is 2.69 bits per heavy atom. The van der Waals surface area contributed by atoms with Gasteiger partial charge in [0.15, 0.2) is 0 Å². The minimum absolute atomic E-state index is 0.162. The first-order valence-corrected chi connectivity index (χ1v) is 11.3. The number of nitrogens with zero attached hydrogens (tertiary/aromatic N) is 2. The van der Waals surface area contributed by atoms with Crippen LogP contribution in [0.5, 0.6) is 0 Å². The Hall–Kier alpha value is -4.30. The van der Waals surface area contributed by atoms with Crippen LogP contribution in [0.1, 0.15) is 52.9 Å². The number of pyridine rings is 1. The molecule has 3 aromatic rings. The van der Waals surface area contributed by atoms with Crippen molar-refractivity contribution in [2.45, 2.75) is 32.4 Å². The second-order valence-corrected chi connectivity index (χ2v) is 8.58. The predicted octanol–water partition coefficient (Wildman–Crippen LogP) is 3.84. The van der Waals surface area contributed by atoms with Crippen LogP contribution in [0.25, 0.3) is 6.08 Å². The first kappa shape index (κ1) is 23.8. The van der Waals surface area contributed by atoms with Crippen molar-refractivity contribution in [3.8, 4) is 0 Å². The number of anilines is 1. The average Bonchev–Trinajstić information content (AvgIpc) is 2.99. The van der Waals surface area contributed by atoms with Crippen molar-refractivity contribution in [3.05, 3.63) is 94.8 Å². The second-order valence-electron chi connectivity index (χ2n) is 8.58. The standard InChI is InChI=1S/C27H28N6O2/c1-17-9-20-7-8-21(12-24(20)33-25(29)10-17)27(35)32-22-11-18(14-30-16-22)15-31-26(34)13-23(28)19-5-3-2-4-6-19/h2-9,11-12,14,16,23H,10,13,15,28H2,1H3,(H2,29,33)(H,31,34)(H,32,35). The lowest BCUT2D eigenvalue weighted by atomic mass is 10.0. The molecule has 6 N–H and O–H groups in total. The number of aromatic nitrogens is 1. The molecule has 0 aliphatic carbocycles. The van der Waals surface area contributed by atoms with E-state index in [1.807, 2.05) is 49.4 Å². The van der Waals surface area contributed by atoms with Crippen molar-refractivity contribution in [2.24, 2.45) is 16.5 Å². The number of carbonyl (C=O) groups is 2. The Bertz CT molecular complexity index is 1300. The van der Waals surface area contributed by atoms with Crippen LogP contribution in [0, 0.1) is 0 Å². The van der Waals surface area contributed by atoms with Gasteiger partial charge in [-0.25, -0.2) is 4.99 Å². The molecule has 1 atom stereocenters. The maximum absolute atomic E-state index is 12.8. The summed E-state index contributed by atoms with van der Waals surface area (Å²) in [5.74, 6) is 0.0620. The number of nitrogens with one attached hydrogen (secondary N) is 2. The van der Waals surface area contributed by atoms with E-state index in [0.29, 0.717) is 29.2 Å². The predicted molar refractivity (Wildman–Crippen MR) is 138 cm³/mol. The highest BCUT2D eigenvalue weighted by Crippen LogP contribution is 2.27. The van der Waals surface area contributed by atoms with Gasteiger partial charge in [0.1, 0.15) is 5.84 Å². The van der Waals surface area contributed by atoms with Crippen LogP contribution in [0.4, 0.5) is 11.4 Å². The fourth-order valence-electron chi connectivity index (χ4n) is 3.85. The highest BCUT2D eigenvalue weighted by molar-refractivity contribution is 6.05. The molecule has 0 fully saturated rings. The first-order chi connectivity index (χ1) is 16.9. The Kier molecular flexibility index (Phi) is 7.32. The molecule has 0 bridgehead atoms. The summed E-state index contributed by atoms with van der Waals surface area (Å²) in [4.78, 5) is 33.8. The number of hydrogen-bond donors (Lipinski definition) is 4. The van der Waals surface area contributed by atoms with Gasteiger partial charge in [0, 0.05) is 42.8 Å². The van der Waals surface area contributed by atoms with Crippen LogP contribution in [-0.2, 0) is 11.3 Å². The van der Waals surface area contributed by atoms with E-state index in [0.717, 1.165) is 22.3 Å². The van der Waals surface area contributed by atoms with Gasteiger partial charge in [0.05, 0.1) is 17.6 Å². The Morgan fingerprint density at radius 2 is 1.89 bits per heavy atom. The number of rotatable bonds is 7. The van der Waals surface area contributed by atoms with Gasteiger partial charge in [-0.15, -0.1) is 0 Å². The lowest BCUT2D eigenvalue weighted by Crippen LogP contribution is -2.27. The summed E-state index contributed by atoms with van der Waals surface area (Å²) in [6.07, 6.45) is 5.99. The van der Waals surface area contributed by atoms with E-state index in [9.17, 15) is 9.59 Å². The molecule has 8 heteroatoms. The Labute approximate surface area is 204 Å². The summed E-state index contributed by atoms with van der Waals surface area (Å²) in [6.45, 7) is 2.27. The highest BCUT2D eigenvalue weighted by atomic mass is 16.2. The fraction of sp³-hybridized carbons (Fsp3) is 0.185. The molecule has 1 aromatic heterocycles. The summed E-state index contributed by atoms with van der Waals surface area (Å²) in [5.41, 5.74) is 17.4. The molecule has 2 amide bonds. The van der Waals surface area contributed by atoms with Crippen LogP contribution in [0.3, 0.4) is 0 Å². The third kappa shape index (κ3) is 6.39. The minimum Gasteiger partial charge on any atom is -0.387 e. The molecule has 0 saturated carbocycles. The molecule has 0 saturated heterocycles. The molecule has 4 rings (SSSR count). The van der Waals surface area contributed by atoms with E-state index >= 15 is 0 Å². The molecule has 1 aliphatic heterocycles. The van der Waals surface area contributed by atoms with Gasteiger partial charge >= 0.3 is 0 Å². The third-order valence-electron chi connectivity index (χ3n) is 5.59. The highest BCUT2D eigenvalue weighted by Gasteiger charge is 2.14. The summed E-state index contributed by atoms with van der Waals surface area (Å²) < 4.78 is 0.